The molecule has 1 aromatic rings. The van der Waals surface area contributed by atoms with Gasteiger partial charge in [0.15, 0.2) is 0 Å². The summed E-state index contributed by atoms with van der Waals surface area (Å²) in [6, 6.07) is 3.62. The summed E-state index contributed by atoms with van der Waals surface area (Å²) >= 11 is 0.217. The van der Waals surface area contributed by atoms with Gasteiger partial charge in [0.1, 0.15) is 0 Å². The van der Waals surface area contributed by atoms with Crippen molar-refractivity contribution in [2.24, 2.45) is 0 Å². The number of rotatable bonds is 2. The number of alkyl halides is 5. The number of benzene rings is 1. The molecule has 1 aromatic carbocycles. The van der Waals surface area contributed by atoms with Crippen molar-refractivity contribution in [3.05, 3.63) is 29.8 Å². The fourth-order valence-corrected chi connectivity index (χ4v) is 1.32. The average molecular weight is 228 g/mol. The maximum absolute atomic E-state index is 12.0. The van der Waals surface area contributed by atoms with Crippen LogP contribution in [0.2, 0.25) is 0 Å². The van der Waals surface area contributed by atoms with E-state index in [0.29, 0.717) is 0 Å². The van der Waals surface area contributed by atoms with Gasteiger partial charge in [0.25, 0.3) is 5.76 Å². The minimum Gasteiger partial charge on any atom is -0.198 e. The minimum absolute atomic E-state index is 0.119. The highest BCUT2D eigenvalue weighted by Gasteiger charge is 2.29. The molecular weight excluding hydrogens is 223 g/mol. The zero-order valence-electron chi connectivity index (χ0n) is 6.68. The van der Waals surface area contributed by atoms with Gasteiger partial charge in [-0.25, -0.2) is 0 Å². The van der Waals surface area contributed by atoms with E-state index in [1.807, 2.05) is 0 Å². The molecule has 0 spiro atoms. The predicted molar refractivity (Wildman–Crippen MR) is 43.3 cm³/mol. The van der Waals surface area contributed by atoms with Gasteiger partial charge in [0.2, 0.25) is 0 Å². The summed E-state index contributed by atoms with van der Waals surface area (Å²) in [4.78, 5) is 0.119. The third kappa shape index (κ3) is 3.17. The second kappa shape index (κ2) is 4.16. The lowest BCUT2D eigenvalue weighted by Crippen LogP contribution is -2.03. The van der Waals surface area contributed by atoms with Crippen LogP contribution in [0.25, 0.3) is 0 Å². The first-order valence-electron chi connectivity index (χ1n) is 3.51. The molecule has 0 saturated heterocycles. The Morgan fingerprint density at radius 1 is 1.00 bits per heavy atom. The molecule has 0 aliphatic rings. The van der Waals surface area contributed by atoms with Crippen LogP contribution in [0.1, 0.15) is 5.56 Å². The molecule has 0 saturated carbocycles. The zero-order chi connectivity index (χ0) is 10.8. The van der Waals surface area contributed by atoms with Crippen molar-refractivity contribution < 1.29 is 22.0 Å². The van der Waals surface area contributed by atoms with Gasteiger partial charge in [-0.05, 0) is 24.3 Å². The first-order valence-corrected chi connectivity index (χ1v) is 4.39. The van der Waals surface area contributed by atoms with E-state index in [4.69, 9.17) is 0 Å². The summed E-state index contributed by atoms with van der Waals surface area (Å²) in [6.07, 6.45) is -4.42. The fourth-order valence-electron chi connectivity index (χ4n) is 0.825. The molecule has 0 fully saturated rings. The Bertz CT molecular complexity index is 290. The molecule has 0 amide bonds. The minimum atomic E-state index is -4.42. The van der Waals surface area contributed by atoms with E-state index < -0.39 is 17.5 Å². The van der Waals surface area contributed by atoms with E-state index >= 15 is 0 Å². The second-order valence-corrected chi connectivity index (χ2v) is 3.46. The molecule has 0 aromatic heterocycles. The molecular formula is C8H5F5S. The third-order valence-corrected chi connectivity index (χ3v) is 2.13. The summed E-state index contributed by atoms with van der Waals surface area (Å²) in [5.41, 5.74) is -0.837. The largest absolute Gasteiger partial charge is 0.416 e. The second-order valence-electron chi connectivity index (χ2n) is 2.40. The van der Waals surface area contributed by atoms with Crippen LogP contribution >= 0.6 is 11.8 Å². The van der Waals surface area contributed by atoms with Gasteiger partial charge in [-0.15, -0.1) is 0 Å². The number of thioether (sulfide) groups is 1. The van der Waals surface area contributed by atoms with Crippen molar-refractivity contribution in [3.8, 4) is 0 Å². The van der Waals surface area contributed by atoms with Crippen molar-refractivity contribution in [1.82, 2.24) is 0 Å². The van der Waals surface area contributed by atoms with Crippen LogP contribution in [-0.2, 0) is 6.18 Å². The Labute approximate surface area is 81.1 Å². The fraction of sp³-hybridized carbons (Fsp3) is 0.250. The van der Waals surface area contributed by atoms with Gasteiger partial charge in [-0.3, -0.25) is 0 Å². The normalized spacial score (nSPS) is 12.1. The van der Waals surface area contributed by atoms with Crippen LogP contribution in [0.3, 0.4) is 0 Å². The first kappa shape index (κ1) is 11.3. The van der Waals surface area contributed by atoms with Gasteiger partial charge < -0.3 is 0 Å². The predicted octanol–water partition coefficient (Wildman–Crippen LogP) is 4.02. The van der Waals surface area contributed by atoms with Crippen LogP contribution in [-0.4, -0.2) is 5.76 Å². The Balaban J connectivity index is 2.79. The van der Waals surface area contributed by atoms with Crippen LogP contribution in [0.5, 0.6) is 0 Å². The summed E-state index contributed by atoms with van der Waals surface area (Å²) in [5, 5.41) is 0. The molecule has 0 radical (unpaired) electrons. The van der Waals surface area contributed by atoms with Gasteiger partial charge >= 0.3 is 6.18 Å². The molecule has 0 nitrogen and oxygen atoms in total. The Morgan fingerprint density at radius 3 is 1.86 bits per heavy atom. The molecule has 78 valence electrons. The SMILES string of the molecule is FC(F)Sc1ccc(C(F)(F)F)cc1. The average Bonchev–Trinajstić information content (AvgIpc) is 2.02. The molecule has 0 aliphatic carbocycles. The zero-order valence-corrected chi connectivity index (χ0v) is 7.50. The maximum Gasteiger partial charge on any atom is 0.416 e. The highest BCUT2D eigenvalue weighted by atomic mass is 32.2. The lowest BCUT2D eigenvalue weighted by molar-refractivity contribution is -0.137. The Hall–Kier alpha value is -0.780. The van der Waals surface area contributed by atoms with Crippen LogP contribution < -0.4 is 0 Å². The standard InChI is InChI=1S/C8H5F5S/c9-7(10)14-6-3-1-5(2-4-6)8(11,12)13/h1-4,7H. The van der Waals surface area contributed by atoms with E-state index in [0.717, 1.165) is 24.3 Å². The Morgan fingerprint density at radius 2 is 1.50 bits per heavy atom. The summed E-state index contributed by atoms with van der Waals surface area (Å²) in [7, 11) is 0. The third-order valence-electron chi connectivity index (χ3n) is 1.41. The molecule has 0 aliphatic heterocycles. The molecule has 6 heteroatoms. The quantitative estimate of drug-likeness (QED) is 0.544. The van der Waals surface area contributed by atoms with E-state index in [1.54, 1.807) is 0 Å². The number of hydrogen-bond donors (Lipinski definition) is 0. The van der Waals surface area contributed by atoms with Crippen molar-refractivity contribution in [3.63, 3.8) is 0 Å². The molecule has 14 heavy (non-hydrogen) atoms. The summed E-state index contributed by atoms with van der Waals surface area (Å²) in [5.74, 6) is -2.62. The van der Waals surface area contributed by atoms with Crippen LogP contribution in [0, 0.1) is 0 Å². The van der Waals surface area contributed by atoms with Crippen LogP contribution in [0.4, 0.5) is 22.0 Å². The van der Waals surface area contributed by atoms with E-state index in [-0.39, 0.29) is 16.7 Å². The van der Waals surface area contributed by atoms with Crippen molar-refractivity contribution in [1.29, 1.82) is 0 Å². The van der Waals surface area contributed by atoms with Crippen molar-refractivity contribution in [2.45, 2.75) is 16.8 Å². The Kier molecular flexibility index (Phi) is 3.36. The molecule has 0 bridgehead atoms. The summed E-state index contributed by atoms with van der Waals surface area (Å²) in [6.45, 7) is 0. The van der Waals surface area contributed by atoms with Gasteiger partial charge in [0.05, 0.1) is 5.56 Å². The molecule has 0 unspecified atom stereocenters. The molecule has 1 rings (SSSR count). The number of halogens is 5. The lowest BCUT2D eigenvalue weighted by atomic mass is 10.2. The van der Waals surface area contributed by atoms with E-state index in [1.165, 1.54) is 0 Å². The number of hydrogen-bond acceptors (Lipinski definition) is 1. The van der Waals surface area contributed by atoms with E-state index in [2.05, 4.69) is 0 Å². The highest BCUT2D eigenvalue weighted by molar-refractivity contribution is 7.99. The first-order chi connectivity index (χ1) is 6.39. The summed E-state index contributed by atoms with van der Waals surface area (Å²) < 4.78 is 59.7. The van der Waals surface area contributed by atoms with Crippen molar-refractivity contribution >= 4 is 11.8 Å². The van der Waals surface area contributed by atoms with Crippen LogP contribution in [0.15, 0.2) is 29.2 Å². The van der Waals surface area contributed by atoms with Crippen molar-refractivity contribution in [2.75, 3.05) is 0 Å². The molecule has 0 N–H and O–H groups in total. The smallest absolute Gasteiger partial charge is 0.198 e. The topological polar surface area (TPSA) is 0 Å². The monoisotopic (exact) mass is 228 g/mol. The molecule has 0 atom stereocenters. The molecule has 0 heterocycles. The van der Waals surface area contributed by atoms with Gasteiger partial charge in [-0.2, -0.15) is 22.0 Å². The van der Waals surface area contributed by atoms with E-state index in [9.17, 15) is 22.0 Å². The lowest BCUT2D eigenvalue weighted by Gasteiger charge is -2.06. The maximum atomic E-state index is 12.0. The highest BCUT2D eigenvalue weighted by Crippen LogP contribution is 2.32. The van der Waals surface area contributed by atoms with Gasteiger partial charge in [-0.1, -0.05) is 11.8 Å². The van der Waals surface area contributed by atoms with Gasteiger partial charge in [0, 0.05) is 4.90 Å².